The number of nitrogens with one attached hydrogen (secondary N) is 1. The van der Waals surface area contributed by atoms with Crippen LogP contribution < -0.4 is 5.32 Å². The predicted molar refractivity (Wildman–Crippen MR) is 71.2 cm³/mol. The number of carbonyl (C=O) groups excluding carboxylic acids is 1. The minimum Gasteiger partial charge on any atom is -0.368 e. The lowest BCUT2D eigenvalue weighted by molar-refractivity contribution is -0.124. The van der Waals surface area contributed by atoms with Gasteiger partial charge in [0.1, 0.15) is 6.10 Å². The molecule has 0 radical (unpaired) electrons. The zero-order valence-electron chi connectivity index (χ0n) is 10.5. The van der Waals surface area contributed by atoms with Gasteiger partial charge >= 0.3 is 0 Å². The minimum atomic E-state index is -0.300. The van der Waals surface area contributed by atoms with E-state index >= 15 is 0 Å². The summed E-state index contributed by atoms with van der Waals surface area (Å²) in [5, 5.41) is 7.01. The molecule has 1 unspecified atom stereocenters. The summed E-state index contributed by atoms with van der Waals surface area (Å²) < 4.78 is 7.11. The van der Waals surface area contributed by atoms with Gasteiger partial charge in [-0.15, -0.1) is 0 Å². The summed E-state index contributed by atoms with van der Waals surface area (Å²) in [5.74, 6) is -0.0654. The van der Waals surface area contributed by atoms with Crippen molar-refractivity contribution in [1.29, 1.82) is 0 Å². The van der Waals surface area contributed by atoms with E-state index in [1.807, 2.05) is 36.5 Å². The molecule has 2 aromatic rings. The summed E-state index contributed by atoms with van der Waals surface area (Å²) in [6, 6.07) is 9.43. The van der Waals surface area contributed by atoms with Crippen LogP contribution in [0.4, 0.5) is 5.69 Å². The van der Waals surface area contributed by atoms with E-state index in [0.717, 1.165) is 24.2 Å². The standard InChI is InChI=1S/C14H15N3O2/c18-14(13-3-1-10-19-13)16-11-4-6-12(7-5-11)17-9-2-8-15-17/h2,4-9,13H,1,3,10H2,(H,16,18). The topological polar surface area (TPSA) is 56.2 Å². The maximum atomic E-state index is 11.9. The molecule has 0 bridgehead atoms. The van der Waals surface area contributed by atoms with Crippen molar-refractivity contribution in [3.05, 3.63) is 42.7 Å². The van der Waals surface area contributed by atoms with Gasteiger partial charge in [0.25, 0.3) is 5.91 Å². The Hall–Kier alpha value is -2.14. The largest absolute Gasteiger partial charge is 0.368 e. The second-order valence-corrected chi connectivity index (χ2v) is 4.49. The molecule has 1 saturated heterocycles. The monoisotopic (exact) mass is 257 g/mol. The minimum absolute atomic E-state index is 0.0654. The molecule has 1 aliphatic rings. The summed E-state index contributed by atoms with van der Waals surface area (Å²) in [6.07, 6.45) is 5.06. The highest BCUT2D eigenvalue weighted by Gasteiger charge is 2.23. The van der Waals surface area contributed by atoms with Crippen LogP contribution in [0.5, 0.6) is 0 Å². The Labute approximate surface area is 111 Å². The van der Waals surface area contributed by atoms with Gasteiger partial charge < -0.3 is 10.1 Å². The molecule has 5 heteroatoms. The second-order valence-electron chi connectivity index (χ2n) is 4.49. The van der Waals surface area contributed by atoms with Gasteiger partial charge in [0.15, 0.2) is 0 Å². The first-order valence-corrected chi connectivity index (χ1v) is 6.35. The fourth-order valence-corrected chi connectivity index (χ4v) is 2.13. The molecule has 2 heterocycles. The summed E-state index contributed by atoms with van der Waals surface area (Å²) in [5.41, 5.74) is 1.73. The van der Waals surface area contributed by atoms with Gasteiger partial charge in [-0.3, -0.25) is 4.79 Å². The molecule has 1 aliphatic heterocycles. The number of nitrogens with zero attached hydrogens (tertiary/aromatic N) is 2. The molecule has 5 nitrogen and oxygen atoms in total. The van der Waals surface area contributed by atoms with Crippen LogP contribution in [0, 0.1) is 0 Å². The van der Waals surface area contributed by atoms with Crippen LogP contribution in [0.1, 0.15) is 12.8 Å². The zero-order chi connectivity index (χ0) is 13.1. The number of hydrogen-bond acceptors (Lipinski definition) is 3. The van der Waals surface area contributed by atoms with E-state index in [1.165, 1.54) is 0 Å². The molecular weight excluding hydrogens is 242 g/mol. The zero-order valence-corrected chi connectivity index (χ0v) is 10.5. The first kappa shape index (κ1) is 11.9. The lowest BCUT2D eigenvalue weighted by atomic mass is 10.2. The third-order valence-electron chi connectivity index (χ3n) is 3.13. The molecular formula is C14H15N3O2. The molecule has 1 aromatic heterocycles. The lowest BCUT2D eigenvalue weighted by Gasteiger charge is -2.10. The van der Waals surface area contributed by atoms with E-state index in [2.05, 4.69) is 10.4 Å². The van der Waals surface area contributed by atoms with Gasteiger partial charge in [0.2, 0.25) is 0 Å². The Morgan fingerprint density at radius 2 is 2.21 bits per heavy atom. The van der Waals surface area contributed by atoms with Gasteiger partial charge in [-0.1, -0.05) is 0 Å². The third-order valence-corrected chi connectivity index (χ3v) is 3.13. The molecule has 19 heavy (non-hydrogen) atoms. The second kappa shape index (κ2) is 5.24. The SMILES string of the molecule is O=C(Nc1ccc(-n2cccn2)cc1)C1CCCO1. The predicted octanol–water partition coefficient (Wildman–Crippen LogP) is 1.99. The van der Waals surface area contributed by atoms with Crippen LogP contribution in [0.3, 0.4) is 0 Å². The van der Waals surface area contributed by atoms with E-state index in [9.17, 15) is 4.79 Å². The van der Waals surface area contributed by atoms with Crippen molar-refractivity contribution < 1.29 is 9.53 Å². The maximum Gasteiger partial charge on any atom is 0.253 e. The van der Waals surface area contributed by atoms with Crippen molar-refractivity contribution in [3.8, 4) is 5.69 Å². The first-order chi connectivity index (χ1) is 9.33. The van der Waals surface area contributed by atoms with Crippen molar-refractivity contribution >= 4 is 11.6 Å². The number of amides is 1. The Morgan fingerprint density at radius 1 is 1.37 bits per heavy atom. The van der Waals surface area contributed by atoms with Gasteiger partial charge in [-0.2, -0.15) is 5.10 Å². The van der Waals surface area contributed by atoms with E-state index in [-0.39, 0.29) is 12.0 Å². The molecule has 1 atom stereocenters. The smallest absolute Gasteiger partial charge is 0.253 e. The van der Waals surface area contributed by atoms with Crippen molar-refractivity contribution in [2.45, 2.75) is 18.9 Å². The van der Waals surface area contributed by atoms with Crippen LogP contribution in [0.25, 0.3) is 5.69 Å². The van der Waals surface area contributed by atoms with Crippen molar-refractivity contribution in [2.75, 3.05) is 11.9 Å². The van der Waals surface area contributed by atoms with Gasteiger partial charge in [0.05, 0.1) is 5.69 Å². The van der Waals surface area contributed by atoms with Gasteiger partial charge in [-0.25, -0.2) is 4.68 Å². The van der Waals surface area contributed by atoms with E-state index in [4.69, 9.17) is 4.74 Å². The first-order valence-electron chi connectivity index (χ1n) is 6.35. The number of ether oxygens (including phenoxy) is 1. The molecule has 1 fully saturated rings. The number of hydrogen-bond donors (Lipinski definition) is 1. The van der Waals surface area contributed by atoms with Crippen molar-refractivity contribution in [2.24, 2.45) is 0 Å². The summed E-state index contributed by atoms with van der Waals surface area (Å²) in [4.78, 5) is 11.9. The quantitative estimate of drug-likeness (QED) is 0.914. The molecule has 0 saturated carbocycles. The molecule has 1 amide bonds. The summed E-state index contributed by atoms with van der Waals surface area (Å²) >= 11 is 0. The van der Waals surface area contributed by atoms with Crippen molar-refractivity contribution in [1.82, 2.24) is 9.78 Å². The summed E-state index contributed by atoms with van der Waals surface area (Å²) in [6.45, 7) is 0.677. The molecule has 1 N–H and O–H groups in total. The molecule has 1 aromatic carbocycles. The molecule has 0 spiro atoms. The number of carbonyl (C=O) groups is 1. The lowest BCUT2D eigenvalue weighted by Crippen LogP contribution is -2.26. The van der Waals surface area contributed by atoms with Crippen LogP contribution in [-0.2, 0) is 9.53 Å². The van der Waals surface area contributed by atoms with Crippen LogP contribution in [0.15, 0.2) is 42.7 Å². The summed E-state index contributed by atoms with van der Waals surface area (Å²) in [7, 11) is 0. The average molecular weight is 257 g/mol. The number of rotatable bonds is 3. The van der Waals surface area contributed by atoms with E-state index < -0.39 is 0 Å². The third kappa shape index (κ3) is 2.66. The maximum absolute atomic E-state index is 11.9. The molecule has 0 aliphatic carbocycles. The van der Waals surface area contributed by atoms with Crippen LogP contribution in [-0.4, -0.2) is 28.4 Å². The van der Waals surface area contributed by atoms with Crippen LogP contribution >= 0.6 is 0 Å². The normalized spacial score (nSPS) is 18.4. The number of anilines is 1. The average Bonchev–Trinajstić information content (AvgIpc) is 3.13. The fourth-order valence-electron chi connectivity index (χ4n) is 2.13. The number of aromatic nitrogens is 2. The molecule has 98 valence electrons. The van der Waals surface area contributed by atoms with Crippen molar-refractivity contribution in [3.63, 3.8) is 0 Å². The highest BCUT2D eigenvalue weighted by atomic mass is 16.5. The van der Waals surface area contributed by atoms with E-state index in [1.54, 1.807) is 10.9 Å². The Morgan fingerprint density at radius 3 is 2.84 bits per heavy atom. The number of benzene rings is 1. The Kier molecular flexibility index (Phi) is 3.29. The van der Waals surface area contributed by atoms with Crippen LogP contribution in [0.2, 0.25) is 0 Å². The highest BCUT2D eigenvalue weighted by molar-refractivity contribution is 5.94. The molecule has 3 rings (SSSR count). The van der Waals surface area contributed by atoms with Gasteiger partial charge in [-0.05, 0) is 43.2 Å². The fraction of sp³-hybridized carbons (Fsp3) is 0.286. The van der Waals surface area contributed by atoms with Gasteiger partial charge in [0, 0.05) is 24.7 Å². The Balaban J connectivity index is 1.67. The highest BCUT2D eigenvalue weighted by Crippen LogP contribution is 2.16. The van der Waals surface area contributed by atoms with E-state index in [0.29, 0.717) is 6.61 Å². The Bertz CT molecular complexity index is 543.